The van der Waals surface area contributed by atoms with E-state index in [1.54, 1.807) is 0 Å². The third-order valence-electron chi connectivity index (χ3n) is 13.4. The Kier molecular flexibility index (Phi) is 64.4. The maximum absolute atomic E-state index is 12.9. The molecule has 1 unspecified atom stereocenters. The number of esters is 3. The van der Waals surface area contributed by atoms with E-state index in [-0.39, 0.29) is 38.0 Å². The number of carbonyl (C=O) groups is 3. The summed E-state index contributed by atoms with van der Waals surface area (Å²) >= 11 is 0. The molecule has 0 aromatic rings. The third-order valence-corrected chi connectivity index (χ3v) is 13.4. The number of unbranched alkanes of at least 4 members (excludes halogenated alkanes) is 17. The maximum atomic E-state index is 12.9. The van der Waals surface area contributed by atoms with Gasteiger partial charge in [-0.1, -0.05) is 293 Å². The molecule has 0 aromatic carbocycles. The smallest absolute Gasteiger partial charge is 0.306 e. The van der Waals surface area contributed by atoms with Gasteiger partial charge in [-0.2, -0.15) is 0 Å². The molecule has 0 N–H and O–H groups in total. The van der Waals surface area contributed by atoms with E-state index in [9.17, 15) is 14.4 Å². The third kappa shape index (κ3) is 67.2. The Hall–Kier alpha value is -5.49. The van der Waals surface area contributed by atoms with Crippen molar-refractivity contribution in [1.29, 1.82) is 0 Å². The van der Waals surface area contributed by atoms with Gasteiger partial charge in [-0.25, -0.2) is 0 Å². The zero-order chi connectivity index (χ0) is 59.9. The summed E-state index contributed by atoms with van der Waals surface area (Å²) in [6.45, 7) is 6.19. The highest BCUT2D eigenvalue weighted by molar-refractivity contribution is 5.71. The van der Waals surface area contributed by atoms with Gasteiger partial charge in [-0.05, 0) is 135 Å². The summed E-state index contributed by atoms with van der Waals surface area (Å²) in [5.41, 5.74) is 0. The Labute approximate surface area is 510 Å². The number of allylic oxidation sites excluding steroid dienone is 30. The first kappa shape index (κ1) is 77.5. The van der Waals surface area contributed by atoms with Gasteiger partial charge in [0.05, 0.1) is 0 Å². The van der Waals surface area contributed by atoms with Gasteiger partial charge in [-0.15, -0.1) is 0 Å². The van der Waals surface area contributed by atoms with E-state index in [1.807, 2.05) is 12.2 Å². The molecule has 0 radical (unpaired) electrons. The molecule has 464 valence electrons. The fourth-order valence-electron chi connectivity index (χ4n) is 8.55. The van der Waals surface area contributed by atoms with Crippen molar-refractivity contribution in [1.82, 2.24) is 0 Å². The quantitative estimate of drug-likeness (QED) is 0.0261. The van der Waals surface area contributed by atoms with Gasteiger partial charge in [0.15, 0.2) is 6.10 Å². The van der Waals surface area contributed by atoms with Crippen molar-refractivity contribution in [3.63, 3.8) is 0 Å². The summed E-state index contributed by atoms with van der Waals surface area (Å²) in [6, 6.07) is 0. The topological polar surface area (TPSA) is 78.9 Å². The molecule has 0 fully saturated rings. The first-order valence-electron chi connectivity index (χ1n) is 33.3. The van der Waals surface area contributed by atoms with Crippen LogP contribution in [0.2, 0.25) is 0 Å². The normalized spacial score (nSPS) is 13.3. The predicted octanol–water partition coefficient (Wildman–Crippen LogP) is 23.2. The lowest BCUT2D eigenvalue weighted by atomic mass is 10.0. The Morgan fingerprint density at radius 2 is 0.470 bits per heavy atom. The second-order valence-electron chi connectivity index (χ2n) is 21.2. The van der Waals surface area contributed by atoms with Crippen LogP contribution in [0.4, 0.5) is 0 Å². The summed E-state index contributed by atoms with van der Waals surface area (Å²) in [5.74, 6) is -1.08. The molecule has 0 amide bonds. The van der Waals surface area contributed by atoms with Crippen LogP contribution in [0.15, 0.2) is 182 Å². The molecule has 0 aliphatic rings. The fraction of sp³-hybridized carbons (Fsp3) is 0.571. The number of hydrogen-bond acceptors (Lipinski definition) is 6. The van der Waals surface area contributed by atoms with Crippen molar-refractivity contribution >= 4 is 17.9 Å². The summed E-state index contributed by atoms with van der Waals surface area (Å²) < 4.78 is 16.8. The SMILES string of the molecule is CC/C=C\C/C=C\C/C=C\C/C=C\C/C=C\C/C=C\CCC(=O)OC(COC(=O)CCC/C=C\C/C=C\C/C=C\C/C=C\C/C=C\CC)COC(=O)CCCCCCCCCCCCCCCCCC/C=C\C/C=C\C/C=C\C/C=C\CC. The first-order valence-corrected chi connectivity index (χ1v) is 33.3. The van der Waals surface area contributed by atoms with Crippen LogP contribution in [0.5, 0.6) is 0 Å². The van der Waals surface area contributed by atoms with Crippen LogP contribution in [-0.2, 0) is 28.6 Å². The highest BCUT2D eigenvalue weighted by Gasteiger charge is 2.19. The van der Waals surface area contributed by atoms with E-state index in [1.165, 1.54) is 89.9 Å². The molecular weight excluding hydrogens is 1020 g/mol. The van der Waals surface area contributed by atoms with Crippen LogP contribution in [0.25, 0.3) is 0 Å². The van der Waals surface area contributed by atoms with Gasteiger partial charge in [0.1, 0.15) is 13.2 Å². The molecule has 6 nitrogen and oxygen atoms in total. The molecule has 0 saturated carbocycles. The molecule has 0 heterocycles. The molecule has 83 heavy (non-hydrogen) atoms. The van der Waals surface area contributed by atoms with Crippen LogP contribution in [0.3, 0.4) is 0 Å². The van der Waals surface area contributed by atoms with E-state index in [0.717, 1.165) is 122 Å². The van der Waals surface area contributed by atoms with Crippen LogP contribution >= 0.6 is 0 Å². The summed E-state index contributed by atoms with van der Waals surface area (Å²) in [7, 11) is 0. The summed E-state index contributed by atoms with van der Waals surface area (Å²) in [6.07, 6.45) is 104. The van der Waals surface area contributed by atoms with Crippen LogP contribution < -0.4 is 0 Å². The molecule has 0 rings (SSSR count). The zero-order valence-electron chi connectivity index (χ0n) is 53.1. The standard InChI is InChI=1S/C77H120O6/c1-4-7-10-13-16-19-22-25-28-31-33-34-35-36-37-38-39-40-41-42-44-46-49-52-55-58-61-64-67-70-76(79)82-73-74(72-81-75(78)69-66-63-60-57-54-51-48-45-30-27-24-21-18-15-12-9-6-3)83-77(80)71-68-65-62-59-56-53-50-47-43-32-29-26-23-20-17-14-11-8-5-2/h7-12,16-21,25-30,33-34,43,47-48,51,53,56-57,60,62,65,74H,4-6,13-15,22-24,31-32,35-42,44-46,49-50,52,54-55,58-59,61,63-64,66-73H2,1-3H3/b10-7-,11-8-,12-9-,19-16-,20-17-,21-18-,28-25-,29-26-,30-27-,34-33-,47-43-,51-48-,56-53-,60-57-,65-62-. The fourth-order valence-corrected chi connectivity index (χ4v) is 8.55. The van der Waals surface area contributed by atoms with Crippen molar-refractivity contribution in [3.8, 4) is 0 Å². The Morgan fingerprint density at radius 3 is 0.771 bits per heavy atom. The Bertz CT molecular complexity index is 1940. The highest BCUT2D eigenvalue weighted by atomic mass is 16.6. The monoisotopic (exact) mass is 1140 g/mol. The van der Waals surface area contributed by atoms with E-state index in [4.69, 9.17) is 14.2 Å². The lowest BCUT2D eigenvalue weighted by molar-refractivity contribution is -0.166. The van der Waals surface area contributed by atoms with Gasteiger partial charge < -0.3 is 14.2 Å². The second kappa shape index (κ2) is 69.0. The average Bonchev–Trinajstić information content (AvgIpc) is 3.49. The zero-order valence-corrected chi connectivity index (χ0v) is 53.1. The lowest BCUT2D eigenvalue weighted by Crippen LogP contribution is -2.30. The molecule has 0 spiro atoms. The van der Waals surface area contributed by atoms with Crippen molar-refractivity contribution in [2.45, 2.75) is 271 Å². The number of ether oxygens (including phenoxy) is 3. The minimum atomic E-state index is -0.852. The Morgan fingerprint density at radius 1 is 0.241 bits per heavy atom. The largest absolute Gasteiger partial charge is 0.462 e. The van der Waals surface area contributed by atoms with Gasteiger partial charge in [0.2, 0.25) is 0 Å². The van der Waals surface area contributed by atoms with Gasteiger partial charge in [0.25, 0.3) is 0 Å². The minimum absolute atomic E-state index is 0.133. The van der Waals surface area contributed by atoms with E-state index < -0.39 is 12.1 Å². The maximum Gasteiger partial charge on any atom is 0.306 e. The number of rotatable bonds is 58. The molecule has 0 saturated heterocycles. The molecular formula is C77H120O6. The number of hydrogen-bond donors (Lipinski definition) is 0. The average molecular weight is 1140 g/mol. The van der Waals surface area contributed by atoms with E-state index >= 15 is 0 Å². The predicted molar refractivity (Wildman–Crippen MR) is 361 cm³/mol. The Balaban J connectivity index is 4.46. The summed E-state index contributed by atoms with van der Waals surface area (Å²) in [4.78, 5) is 38.3. The molecule has 1 atom stereocenters. The van der Waals surface area contributed by atoms with Crippen LogP contribution in [-0.4, -0.2) is 37.2 Å². The molecule has 0 aliphatic carbocycles. The van der Waals surface area contributed by atoms with E-state index in [2.05, 4.69) is 191 Å². The van der Waals surface area contributed by atoms with Crippen LogP contribution in [0.1, 0.15) is 265 Å². The molecule has 6 heteroatoms. The first-order chi connectivity index (χ1) is 41.0. The van der Waals surface area contributed by atoms with Crippen molar-refractivity contribution in [3.05, 3.63) is 182 Å². The van der Waals surface area contributed by atoms with Gasteiger partial charge >= 0.3 is 17.9 Å². The van der Waals surface area contributed by atoms with Gasteiger partial charge in [-0.3, -0.25) is 14.4 Å². The van der Waals surface area contributed by atoms with Crippen molar-refractivity contribution in [2.75, 3.05) is 13.2 Å². The van der Waals surface area contributed by atoms with Gasteiger partial charge in [0, 0.05) is 19.3 Å². The second-order valence-corrected chi connectivity index (χ2v) is 21.2. The molecule has 0 aliphatic heterocycles. The van der Waals surface area contributed by atoms with E-state index in [0.29, 0.717) is 19.3 Å². The van der Waals surface area contributed by atoms with Crippen LogP contribution in [0, 0.1) is 0 Å². The lowest BCUT2D eigenvalue weighted by Gasteiger charge is -2.18. The summed E-state index contributed by atoms with van der Waals surface area (Å²) in [5, 5.41) is 0. The van der Waals surface area contributed by atoms with Crippen molar-refractivity contribution in [2.24, 2.45) is 0 Å². The highest BCUT2D eigenvalue weighted by Crippen LogP contribution is 2.15. The number of carbonyl (C=O) groups excluding carboxylic acids is 3. The molecule has 0 bridgehead atoms. The van der Waals surface area contributed by atoms with Crippen molar-refractivity contribution < 1.29 is 28.6 Å². The molecule has 0 aromatic heterocycles. The minimum Gasteiger partial charge on any atom is -0.462 e.